The number of nitrogens with one attached hydrogen (secondary N) is 1. The van der Waals surface area contributed by atoms with Crippen molar-refractivity contribution in [2.75, 3.05) is 45.8 Å². The van der Waals surface area contributed by atoms with E-state index in [2.05, 4.69) is 17.1 Å². The van der Waals surface area contributed by atoms with E-state index in [9.17, 15) is 12.8 Å². The Morgan fingerprint density at radius 1 is 1.17 bits per heavy atom. The smallest absolute Gasteiger partial charge is 0.243 e. The Kier molecular flexibility index (Phi) is 4.73. The maximum absolute atomic E-state index is 13.0. The SMILES string of the molecule is CC1(CN2CCN(S(=O)(=O)c3ccc(F)cc3)CC2)CCNC1. The van der Waals surface area contributed by atoms with Crippen molar-refractivity contribution >= 4 is 10.0 Å². The van der Waals surface area contributed by atoms with Gasteiger partial charge in [-0.1, -0.05) is 6.92 Å². The molecule has 0 amide bonds. The zero-order valence-corrected chi connectivity index (χ0v) is 14.3. The Balaban J connectivity index is 1.61. The molecule has 128 valence electrons. The highest BCUT2D eigenvalue weighted by Crippen LogP contribution is 2.26. The molecule has 0 aliphatic carbocycles. The first-order valence-electron chi connectivity index (χ1n) is 8.08. The van der Waals surface area contributed by atoms with Gasteiger partial charge in [-0.2, -0.15) is 4.31 Å². The van der Waals surface area contributed by atoms with Crippen molar-refractivity contribution in [1.82, 2.24) is 14.5 Å². The first kappa shape index (κ1) is 16.8. The maximum atomic E-state index is 13.0. The van der Waals surface area contributed by atoms with E-state index in [1.54, 1.807) is 0 Å². The summed E-state index contributed by atoms with van der Waals surface area (Å²) in [5.41, 5.74) is 0.290. The molecule has 2 fully saturated rings. The third-order valence-corrected chi connectivity index (χ3v) is 6.76. The fraction of sp³-hybridized carbons (Fsp3) is 0.625. The van der Waals surface area contributed by atoms with Gasteiger partial charge in [0.25, 0.3) is 0 Å². The van der Waals surface area contributed by atoms with Crippen molar-refractivity contribution in [3.8, 4) is 0 Å². The van der Waals surface area contributed by atoms with Crippen LogP contribution in [0.25, 0.3) is 0 Å². The van der Waals surface area contributed by atoms with E-state index in [1.165, 1.54) is 35.0 Å². The molecule has 0 saturated carbocycles. The summed E-state index contributed by atoms with van der Waals surface area (Å²) in [5, 5.41) is 3.40. The molecule has 1 atom stereocenters. The second-order valence-corrected chi connectivity index (χ2v) is 8.81. The predicted octanol–water partition coefficient (Wildman–Crippen LogP) is 1.13. The Bertz CT molecular complexity index is 634. The Hall–Kier alpha value is -1.02. The fourth-order valence-corrected chi connectivity index (χ4v) is 4.85. The second kappa shape index (κ2) is 6.47. The lowest BCUT2D eigenvalue weighted by atomic mass is 9.89. The summed E-state index contributed by atoms with van der Waals surface area (Å²) in [7, 11) is -3.52. The normalized spacial score (nSPS) is 27.4. The molecule has 1 aromatic rings. The number of sulfonamides is 1. The third kappa shape index (κ3) is 3.74. The molecule has 1 aromatic carbocycles. The molecule has 0 aromatic heterocycles. The van der Waals surface area contributed by atoms with Crippen LogP contribution >= 0.6 is 0 Å². The summed E-state index contributed by atoms with van der Waals surface area (Å²) in [5.74, 6) is -0.424. The summed E-state index contributed by atoms with van der Waals surface area (Å²) in [6.45, 7) is 7.86. The van der Waals surface area contributed by atoms with Gasteiger partial charge < -0.3 is 10.2 Å². The van der Waals surface area contributed by atoms with Gasteiger partial charge >= 0.3 is 0 Å². The van der Waals surface area contributed by atoms with Crippen LogP contribution in [0.2, 0.25) is 0 Å². The molecule has 2 heterocycles. The van der Waals surface area contributed by atoms with Gasteiger partial charge in [0.15, 0.2) is 0 Å². The Morgan fingerprint density at radius 3 is 2.39 bits per heavy atom. The molecule has 1 unspecified atom stereocenters. The molecule has 2 aliphatic rings. The fourth-order valence-electron chi connectivity index (χ4n) is 3.43. The average Bonchev–Trinajstić information content (AvgIpc) is 2.94. The van der Waals surface area contributed by atoms with Crippen molar-refractivity contribution in [2.24, 2.45) is 5.41 Å². The van der Waals surface area contributed by atoms with Gasteiger partial charge in [-0.25, -0.2) is 12.8 Å². The zero-order valence-electron chi connectivity index (χ0n) is 13.5. The molecule has 0 radical (unpaired) electrons. The minimum atomic E-state index is -3.52. The largest absolute Gasteiger partial charge is 0.316 e. The Morgan fingerprint density at radius 2 is 1.83 bits per heavy atom. The molecule has 7 heteroatoms. The molecule has 0 bridgehead atoms. The number of hydrogen-bond acceptors (Lipinski definition) is 4. The average molecular weight is 341 g/mol. The van der Waals surface area contributed by atoms with Crippen molar-refractivity contribution in [3.05, 3.63) is 30.1 Å². The summed E-state index contributed by atoms with van der Waals surface area (Å²) >= 11 is 0. The highest BCUT2D eigenvalue weighted by atomic mass is 32.2. The topological polar surface area (TPSA) is 52.7 Å². The van der Waals surface area contributed by atoms with Crippen LogP contribution in [0.4, 0.5) is 4.39 Å². The molecule has 5 nitrogen and oxygen atoms in total. The minimum absolute atomic E-state index is 0.166. The van der Waals surface area contributed by atoms with E-state index >= 15 is 0 Å². The van der Waals surface area contributed by atoms with Crippen molar-refractivity contribution in [1.29, 1.82) is 0 Å². The van der Waals surface area contributed by atoms with Crippen LogP contribution < -0.4 is 5.32 Å². The van der Waals surface area contributed by atoms with Gasteiger partial charge in [0.05, 0.1) is 4.90 Å². The van der Waals surface area contributed by atoms with E-state index in [4.69, 9.17) is 0 Å². The number of nitrogens with zero attached hydrogens (tertiary/aromatic N) is 2. The zero-order chi connectivity index (χ0) is 16.5. The third-order valence-electron chi connectivity index (χ3n) is 4.85. The summed E-state index contributed by atoms with van der Waals surface area (Å²) in [4.78, 5) is 2.52. The van der Waals surface area contributed by atoms with Gasteiger partial charge in [0, 0.05) is 39.3 Å². The second-order valence-electron chi connectivity index (χ2n) is 6.87. The van der Waals surface area contributed by atoms with Crippen molar-refractivity contribution in [2.45, 2.75) is 18.2 Å². The van der Waals surface area contributed by atoms with Crippen LogP contribution in [-0.4, -0.2) is 63.4 Å². The van der Waals surface area contributed by atoms with E-state index in [0.29, 0.717) is 13.1 Å². The lowest BCUT2D eigenvalue weighted by Crippen LogP contribution is -2.51. The quantitative estimate of drug-likeness (QED) is 0.892. The Labute approximate surface area is 137 Å². The molecule has 0 spiro atoms. The van der Waals surface area contributed by atoms with E-state index in [-0.39, 0.29) is 10.3 Å². The molecular formula is C16H24FN3O2S. The molecule has 1 N–H and O–H groups in total. The maximum Gasteiger partial charge on any atom is 0.243 e. The van der Waals surface area contributed by atoms with Crippen molar-refractivity contribution in [3.63, 3.8) is 0 Å². The van der Waals surface area contributed by atoms with Crippen molar-refractivity contribution < 1.29 is 12.8 Å². The number of hydrogen-bond donors (Lipinski definition) is 1. The lowest BCUT2D eigenvalue weighted by Gasteiger charge is -2.38. The van der Waals surface area contributed by atoms with E-state index in [0.717, 1.165) is 32.7 Å². The molecule has 3 rings (SSSR count). The number of benzene rings is 1. The highest BCUT2D eigenvalue weighted by molar-refractivity contribution is 7.89. The summed E-state index contributed by atoms with van der Waals surface area (Å²) in [6.07, 6.45) is 1.17. The summed E-state index contributed by atoms with van der Waals surface area (Å²) in [6, 6.07) is 5.05. The first-order chi connectivity index (χ1) is 10.9. The van der Waals surface area contributed by atoms with Crippen LogP contribution in [0.15, 0.2) is 29.2 Å². The number of halogens is 1. The van der Waals surface area contributed by atoms with Crippen LogP contribution in [0, 0.1) is 11.2 Å². The molecule has 2 aliphatic heterocycles. The van der Waals surface area contributed by atoms with Crippen LogP contribution in [0.5, 0.6) is 0 Å². The monoisotopic (exact) mass is 341 g/mol. The lowest BCUT2D eigenvalue weighted by molar-refractivity contribution is 0.132. The summed E-state index contributed by atoms with van der Waals surface area (Å²) < 4.78 is 39.7. The van der Waals surface area contributed by atoms with Gasteiger partial charge in [-0.05, 0) is 42.6 Å². The molecular weight excluding hydrogens is 317 g/mol. The van der Waals surface area contributed by atoms with Gasteiger partial charge in [-0.15, -0.1) is 0 Å². The van der Waals surface area contributed by atoms with Gasteiger partial charge in [-0.3, -0.25) is 0 Å². The van der Waals surface area contributed by atoms with Crippen LogP contribution in [0.3, 0.4) is 0 Å². The number of rotatable bonds is 4. The predicted molar refractivity (Wildman–Crippen MR) is 87.2 cm³/mol. The van der Waals surface area contributed by atoms with E-state index < -0.39 is 15.8 Å². The van der Waals surface area contributed by atoms with Gasteiger partial charge in [0.1, 0.15) is 5.82 Å². The molecule has 2 saturated heterocycles. The number of piperazine rings is 1. The standard InChI is InChI=1S/C16H24FN3O2S/c1-16(6-7-18-12-16)13-19-8-10-20(11-9-19)23(21,22)15-4-2-14(17)3-5-15/h2-5,18H,6-13H2,1H3. The van der Waals surface area contributed by atoms with Gasteiger partial charge in [0.2, 0.25) is 10.0 Å². The van der Waals surface area contributed by atoms with Crippen LogP contribution in [-0.2, 0) is 10.0 Å². The first-order valence-corrected chi connectivity index (χ1v) is 9.52. The highest BCUT2D eigenvalue weighted by Gasteiger charge is 2.34. The minimum Gasteiger partial charge on any atom is -0.316 e. The molecule has 23 heavy (non-hydrogen) atoms. The van der Waals surface area contributed by atoms with Crippen LogP contribution in [0.1, 0.15) is 13.3 Å². The van der Waals surface area contributed by atoms with E-state index in [1.807, 2.05) is 0 Å².